The molecular formula is C21H21N5O2S. The van der Waals surface area contributed by atoms with Crippen LogP contribution in [-0.4, -0.2) is 38.0 Å². The summed E-state index contributed by atoms with van der Waals surface area (Å²) in [5.74, 6) is 0.358. The van der Waals surface area contributed by atoms with E-state index in [0.717, 1.165) is 30.6 Å². The number of nitrogens with zero attached hydrogens (tertiary/aromatic N) is 4. The molecule has 1 amide bonds. The van der Waals surface area contributed by atoms with E-state index in [-0.39, 0.29) is 18.1 Å². The number of hydrogen-bond acceptors (Lipinski definition) is 7. The summed E-state index contributed by atoms with van der Waals surface area (Å²) < 4.78 is 5.87. The van der Waals surface area contributed by atoms with Crippen LogP contribution < -0.4 is 10.1 Å². The highest BCUT2D eigenvalue weighted by Crippen LogP contribution is 2.28. The normalized spacial score (nSPS) is 18.8. The van der Waals surface area contributed by atoms with Gasteiger partial charge in [-0.3, -0.25) is 9.78 Å². The van der Waals surface area contributed by atoms with Crippen molar-refractivity contribution in [3.05, 3.63) is 67.0 Å². The fourth-order valence-electron chi connectivity index (χ4n) is 3.25. The molecular weight excluding hydrogens is 386 g/mol. The molecule has 1 saturated carbocycles. The summed E-state index contributed by atoms with van der Waals surface area (Å²) in [5.41, 5.74) is 0.360. The van der Waals surface area contributed by atoms with E-state index in [0.29, 0.717) is 16.6 Å². The molecule has 29 heavy (non-hydrogen) atoms. The van der Waals surface area contributed by atoms with E-state index >= 15 is 0 Å². The highest BCUT2D eigenvalue weighted by atomic mass is 32.2. The Kier molecular flexibility index (Phi) is 6.31. The van der Waals surface area contributed by atoms with E-state index < -0.39 is 0 Å². The number of hydrogen-bond donors (Lipinski definition) is 1. The molecule has 0 radical (unpaired) electrons. The summed E-state index contributed by atoms with van der Waals surface area (Å²) in [7, 11) is 0. The molecule has 2 heterocycles. The second-order valence-electron chi connectivity index (χ2n) is 6.73. The number of carbonyl (C=O) groups excluding carboxylic acids is 1. The van der Waals surface area contributed by atoms with Crippen LogP contribution in [0.5, 0.6) is 5.88 Å². The Morgan fingerprint density at radius 2 is 1.72 bits per heavy atom. The monoisotopic (exact) mass is 407 g/mol. The quantitative estimate of drug-likeness (QED) is 0.668. The maximum atomic E-state index is 12.8. The van der Waals surface area contributed by atoms with E-state index in [4.69, 9.17) is 4.74 Å². The highest BCUT2D eigenvalue weighted by molar-refractivity contribution is 7.99. The summed E-state index contributed by atoms with van der Waals surface area (Å²) in [6, 6.07) is 9.94. The van der Waals surface area contributed by atoms with Crippen molar-refractivity contribution in [3.8, 4) is 5.88 Å². The lowest BCUT2D eigenvalue weighted by Gasteiger charge is -2.29. The van der Waals surface area contributed by atoms with E-state index in [9.17, 15) is 4.79 Å². The zero-order valence-corrected chi connectivity index (χ0v) is 16.6. The van der Waals surface area contributed by atoms with Gasteiger partial charge in [-0.25, -0.2) is 15.0 Å². The molecule has 0 spiro atoms. The predicted octanol–water partition coefficient (Wildman–Crippen LogP) is 3.54. The Bertz CT molecular complexity index is 934. The average molecular weight is 407 g/mol. The zero-order chi connectivity index (χ0) is 19.9. The molecule has 0 atom stereocenters. The standard InChI is InChI=1S/C21H21N5O2S/c27-20(19-21(25-13-12-24-19)29-17-4-2-1-3-5-17)26-15-6-8-16(9-7-15)28-18-14-22-10-11-23-18/h1-5,10-16H,6-9H2,(H,26,27). The Hall–Kier alpha value is -3.00. The first kappa shape index (κ1) is 19.3. The first-order valence-corrected chi connectivity index (χ1v) is 10.4. The fraction of sp³-hybridized carbons (Fsp3) is 0.286. The molecule has 1 aliphatic rings. The van der Waals surface area contributed by atoms with Gasteiger partial charge >= 0.3 is 0 Å². The van der Waals surface area contributed by atoms with Gasteiger partial charge in [0, 0.05) is 35.7 Å². The maximum absolute atomic E-state index is 12.8. The summed E-state index contributed by atoms with van der Waals surface area (Å²) in [6.07, 6.45) is 11.5. The number of aromatic nitrogens is 4. The topological polar surface area (TPSA) is 89.9 Å². The number of carbonyl (C=O) groups is 1. The number of benzene rings is 1. The smallest absolute Gasteiger partial charge is 0.272 e. The first-order valence-electron chi connectivity index (χ1n) is 9.55. The molecule has 0 saturated heterocycles. The summed E-state index contributed by atoms with van der Waals surface area (Å²) in [6.45, 7) is 0. The molecule has 0 aliphatic heterocycles. The van der Waals surface area contributed by atoms with Crippen molar-refractivity contribution in [2.75, 3.05) is 0 Å². The Balaban J connectivity index is 1.33. The molecule has 0 bridgehead atoms. The van der Waals surface area contributed by atoms with Gasteiger partial charge in [0.2, 0.25) is 5.88 Å². The minimum atomic E-state index is -0.185. The van der Waals surface area contributed by atoms with Crippen molar-refractivity contribution >= 4 is 17.7 Å². The van der Waals surface area contributed by atoms with E-state index in [2.05, 4.69) is 25.3 Å². The predicted molar refractivity (Wildman–Crippen MR) is 109 cm³/mol. The summed E-state index contributed by atoms with van der Waals surface area (Å²) in [5, 5.41) is 3.71. The van der Waals surface area contributed by atoms with Gasteiger partial charge in [0.1, 0.15) is 11.1 Å². The van der Waals surface area contributed by atoms with Crippen molar-refractivity contribution in [3.63, 3.8) is 0 Å². The summed E-state index contributed by atoms with van der Waals surface area (Å²) >= 11 is 1.44. The minimum Gasteiger partial charge on any atom is -0.473 e. The fourth-order valence-corrected chi connectivity index (χ4v) is 4.12. The van der Waals surface area contributed by atoms with Crippen LogP contribution >= 0.6 is 11.8 Å². The van der Waals surface area contributed by atoms with Gasteiger partial charge in [-0.15, -0.1) is 0 Å². The average Bonchev–Trinajstić information content (AvgIpc) is 2.77. The van der Waals surface area contributed by atoms with Crippen molar-refractivity contribution in [1.82, 2.24) is 25.3 Å². The van der Waals surface area contributed by atoms with Crippen LogP contribution in [0.1, 0.15) is 36.2 Å². The molecule has 0 unspecified atom stereocenters. The molecule has 1 N–H and O–H groups in total. The highest BCUT2D eigenvalue weighted by Gasteiger charge is 2.25. The van der Waals surface area contributed by atoms with Crippen LogP contribution in [0.2, 0.25) is 0 Å². The molecule has 1 aromatic carbocycles. The van der Waals surface area contributed by atoms with Crippen LogP contribution in [0.15, 0.2) is 71.2 Å². The number of ether oxygens (including phenoxy) is 1. The van der Waals surface area contributed by atoms with Crippen molar-refractivity contribution < 1.29 is 9.53 Å². The second-order valence-corrected chi connectivity index (χ2v) is 7.80. The molecule has 4 rings (SSSR count). The van der Waals surface area contributed by atoms with Crippen molar-refractivity contribution in [2.24, 2.45) is 0 Å². The first-order chi connectivity index (χ1) is 14.3. The Morgan fingerprint density at radius 1 is 0.966 bits per heavy atom. The van der Waals surface area contributed by atoms with E-state index in [1.807, 2.05) is 30.3 Å². The maximum Gasteiger partial charge on any atom is 0.272 e. The largest absolute Gasteiger partial charge is 0.473 e. The SMILES string of the molecule is O=C(NC1CCC(Oc2cnccn2)CC1)c1nccnc1Sc1ccccc1. The van der Waals surface area contributed by atoms with Crippen LogP contribution in [0, 0.1) is 0 Å². The van der Waals surface area contributed by atoms with Crippen LogP contribution in [0.4, 0.5) is 0 Å². The lowest BCUT2D eigenvalue weighted by molar-refractivity contribution is 0.0881. The van der Waals surface area contributed by atoms with Crippen molar-refractivity contribution in [1.29, 1.82) is 0 Å². The molecule has 1 aliphatic carbocycles. The molecule has 2 aromatic heterocycles. The third-order valence-corrected chi connectivity index (χ3v) is 5.67. The Morgan fingerprint density at radius 3 is 2.48 bits per heavy atom. The minimum absolute atomic E-state index is 0.0977. The molecule has 8 heteroatoms. The van der Waals surface area contributed by atoms with Crippen molar-refractivity contribution in [2.45, 2.75) is 47.8 Å². The summed E-state index contributed by atoms with van der Waals surface area (Å²) in [4.78, 5) is 30.6. The Labute approximate surface area is 173 Å². The number of rotatable bonds is 6. The van der Waals surface area contributed by atoms with Crippen LogP contribution in [0.25, 0.3) is 0 Å². The third-order valence-electron chi connectivity index (χ3n) is 4.67. The number of nitrogens with one attached hydrogen (secondary N) is 1. The number of amides is 1. The van der Waals surface area contributed by atoms with Gasteiger partial charge in [0.25, 0.3) is 5.91 Å². The van der Waals surface area contributed by atoms with Gasteiger partial charge in [0.05, 0.1) is 6.20 Å². The zero-order valence-electron chi connectivity index (χ0n) is 15.8. The molecule has 1 fully saturated rings. The van der Waals surface area contributed by atoms with Gasteiger partial charge in [-0.05, 0) is 37.8 Å². The van der Waals surface area contributed by atoms with E-state index in [1.165, 1.54) is 11.8 Å². The van der Waals surface area contributed by atoms with Crippen LogP contribution in [-0.2, 0) is 0 Å². The van der Waals surface area contributed by atoms with Gasteiger partial charge < -0.3 is 10.1 Å². The molecule has 7 nitrogen and oxygen atoms in total. The van der Waals surface area contributed by atoms with Gasteiger partial charge in [-0.2, -0.15) is 0 Å². The molecule has 148 valence electrons. The van der Waals surface area contributed by atoms with E-state index in [1.54, 1.807) is 31.0 Å². The van der Waals surface area contributed by atoms with Crippen LogP contribution in [0.3, 0.4) is 0 Å². The lowest BCUT2D eigenvalue weighted by atomic mass is 9.93. The second kappa shape index (κ2) is 9.47. The van der Waals surface area contributed by atoms with Gasteiger partial charge in [-0.1, -0.05) is 30.0 Å². The lowest BCUT2D eigenvalue weighted by Crippen LogP contribution is -2.40. The molecule has 3 aromatic rings. The van der Waals surface area contributed by atoms with Gasteiger partial charge in [0.15, 0.2) is 5.69 Å². The third kappa shape index (κ3) is 5.29.